The standard InChI is InChI=1S/C15H26N2/c1-12-5-6-14(13(2)11-12)7-9-17-10-8-15(3,4)16/h5-6,11,17H,7-10,16H2,1-4H3. The molecule has 0 saturated carbocycles. The molecule has 0 atom stereocenters. The fourth-order valence-electron chi connectivity index (χ4n) is 1.88. The summed E-state index contributed by atoms with van der Waals surface area (Å²) in [5, 5.41) is 3.45. The Kier molecular flexibility index (Phi) is 5.16. The van der Waals surface area contributed by atoms with Crippen molar-refractivity contribution < 1.29 is 0 Å². The third-order valence-corrected chi connectivity index (χ3v) is 3.02. The second-order valence-corrected chi connectivity index (χ2v) is 5.67. The van der Waals surface area contributed by atoms with E-state index >= 15 is 0 Å². The van der Waals surface area contributed by atoms with Crippen molar-refractivity contribution >= 4 is 0 Å². The van der Waals surface area contributed by atoms with Crippen LogP contribution >= 0.6 is 0 Å². The number of rotatable bonds is 6. The Bertz CT molecular complexity index is 350. The molecule has 0 spiro atoms. The summed E-state index contributed by atoms with van der Waals surface area (Å²) in [6.45, 7) is 10.5. The summed E-state index contributed by atoms with van der Waals surface area (Å²) in [5.41, 5.74) is 10.0. The fraction of sp³-hybridized carbons (Fsp3) is 0.600. The molecule has 96 valence electrons. The van der Waals surface area contributed by atoms with Crippen molar-refractivity contribution in [1.29, 1.82) is 0 Å². The first-order chi connectivity index (χ1) is 7.88. The summed E-state index contributed by atoms with van der Waals surface area (Å²) in [4.78, 5) is 0. The summed E-state index contributed by atoms with van der Waals surface area (Å²) < 4.78 is 0. The van der Waals surface area contributed by atoms with Gasteiger partial charge in [0.25, 0.3) is 0 Å². The Morgan fingerprint density at radius 2 is 1.88 bits per heavy atom. The molecule has 1 aromatic carbocycles. The van der Waals surface area contributed by atoms with Gasteiger partial charge in [-0.15, -0.1) is 0 Å². The lowest BCUT2D eigenvalue weighted by Gasteiger charge is -2.18. The van der Waals surface area contributed by atoms with Crippen LogP contribution in [0.1, 0.15) is 37.0 Å². The van der Waals surface area contributed by atoms with Crippen molar-refractivity contribution in [3.63, 3.8) is 0 Å². The largest absolute Gasteiger partial charge is 0.326 e. The Morgan fingerprint density at radius 1 is 1.18 bits per heavy atom. The Hall–Kier alpha value is -0.860. The second-order valence-electron chi connectivity index (χ2n) is 5.67. The van der Waals surface area contributed by atoms with Crippen LogP contribution in [0.5, 0.6) is 0 Å². The van der Waals surface area contributed by atoms with Crippen LogP contribution in [0.4, 0.5) is 0 Å². The highest BCUT2D eigenvalue weighted by Crippen LogP contribution is 2.10. The molecule has 0 fully saturated rings. The van der Waals surface area contributed by atoms with Gasteiger partial charge in [0.1, 0.15) is 0 Å². The maximum atomic E-state index is 5.93. The first-order valence-corrected chi connectivity index (χ1v) is 6.44. The van der Waals surface area contributed by atoms with E-state index in [1.807, 2.05) is 0 Å². The van der Waals surface area contributed by atoms with Crippen molar-refractivity contribution in [3.8, 4) is 0 Å². The molecule has 0 aliphatic rings. The van der Waals surface area contributed by atoms with Crippen molar-refractivity contribution in [1.82, 2.24) is 5.32 Å². The first kappa shape index (κ1) is 14.2. The summed E-state index contributed by atoms with van der Waals surface area (Å²) >= 11 is 0. The van der Waals surface area contributed by atoms with E-state index < -0.39 is 0 Å². The van der Waals surface area contributed by atoms with E-state index in [2.05, 4.69) is 51.2 Å². The van der Waals surface area contributed by atoms with E-state index in [-0.39, 0.29) is 5.54 Å². The van der Waals surface area contributed by atoms with Gasteiger partial charge in [-0.25, -0.2) is 0 Å². The number of nitrogens with two attached hydrogens (primary N) is 1. The third-order valence-electron chi connectivity index (χ3n) is 3.02. The molecule has 2 heteroatoms. The van der Waals surface area contributed by atoms with Crippen LogP contribution < -0.4 is 11.1 Å². The van der Waals surface area contributed by atoms with E-state index in [1.54, 1.807) is 0 Å². The third kappa shape index (κ3) is 5.85. The zero-order valence-corrected chi connectivity index (χ0v) is 11.6. The predicted octanol–water partition coefficient (Wildman–Crippen LogP) is 2.56. The molecule has 0 unspecified atom stereocenters. The zero-order chi connectivity index (χ0) is 12.9. The van der Waals surface area contributed by atoms with E-state index in [0.29, 0.717) is 0 Å². The van der Waals surface area contributed by atoms with Crippen LogP contribution in [-0.4, -0.2) is 18.6 Å². The highest BCUT2D eigenvalue weighted by molar-refractivity contribution is 5.30. The molecule has 0 bridgehead atoms. The molecular weight excluding hydrogens is 208 g/mol. The summed E-state index contributed by atoms with van der Waals surface area (Å²) in [6.07, 6.45) is 2.11. The van der Waals surface area contributed by atoms with Gasteiger partial charge < -0.3 is 11.1 Å². The van der Waals surface area contributed by atoms with E-state index in [4.69, 9.17) is 5.73 Å². The summed E-state index contributed by atoms with van der Waals surface area (Å²) in [7, 11) is 0. The second kappa shape index (κ2) is 6.18. The smallest absolute Gasteiger partial charge is 0.0109 e. The van der Waals surface area contributed by atoms with Crippen LogP contribution in [0, 0.1) is 13.8 Å². The highest BCUT2D eigenvalue weighted by Gasteiger charge is 2.08. The van der Waals surface area contributed by atoms with Crippen molar-refractivity contribution in [2.24, 2.45) is 5.73 Å². The molecule has 0 heterocycles. The van der Waals surface area contributed by atoms with Gasteiger partial charge in [-0.1, -0.05) is 23.8 Å². The van der Waals surface area contributed by atoms with Gasteiger partial charge in [0, 0.05) is 5.54 Å². The monoisotopic (exact) mass is 234 g/mol. The lowest BCUT2D eigenvalue weighted by molar-refractivity contribution is 0.456. The van der Waals surface area contributed by atoms with E-state index in [1.165, 1.54) is 16.7 Å². The molecule has 0 aliphatic carbocycles. The van der Waals surface area contributed by atoms with Crippen LogP contribution in [-0.2, 0) is 6.42 Å². The molecule has 3 N–H and O–H groups in total. The Morgan fingerprint density at radius 3 is 2.47 bits per heavy atom. The maximum absolute atomic E-state index is 5.93. The number of hydrogen-bond donors (Lipinski definition) is 2. The van der Waals surface area contributed by atoms with Crippen LogP contribution in [0.3, 0.4) is 0 Å². The van der Waals surface area contributed by atoms with Gasteiger partial charge in [0.2, 0.25) is 0 Å². The molecule has 0 aromatic heterocycles. The lowest BCUT2D eigenvalue weighted by Crippen LogP contribution is -2.36. The minimum atomic E-state index is -0.0627. The topological polar surface area (TPSA) is 38.0 Å². The predicted molar refractivity (Wildman–Crippen MR) is 75.4 cm³/mol. The molecule has 2 nitrogen and oxygen atoms in total. The summed E-state index contributed by atoms with van der Waals surface area (Å²) in [6, 6.07) is 6.67. The molecule has 0 radical (unpaired) electrons. The minimum absolute atomic E-state index is 0.0627. The van der Waals surface area contributed by atoms with Gasteiger partial charge in [-0.2, -0.15) is 0 Å². The SMILES string of the molecule is Cc1ccc(CCNCCC(C)(C)N)c(C)c1. The van der Waals surface area contributed by atoms with Gasteiger partial charge in [-0.3, -0.25) is 0 Å². The van der Waals surface area contributed by atoms with Crippen molar-refractivity contribution in [2.75, 3.05) is 13.1 Å². The molecule has 1 aromatic rings. The zero-order valence-electron chi connectivity index (χ0n) is 11.6. The molecule has 1 rings (SSSR count). The van der Waals surface area contributed by atoms with E-state index in [9.17, 15) is 0 Å². The number of hydrogen-bond acceptors (Lipinski definition) is 2. The van der Waals surface area contributed by atoms with Gasteiger partial charge in [0.05, 0.1) is 0 Å². The van der Waals surface area contributed by atoms with Gasteiger partial charge >= 0.3 is 0 Å². The molecule has 0 amide bonds. The highest BCUT2D eigenvalue weighted by atomic mass is 14.9. The normalized spacial score (nSPS) is 11.8. The van der Waals surface area contributed by atoms with Crippen LogP contribution in [0.15, 0.2) is 18.2 Å². The van der Waals surface area contributed by atoms with Crippen LogP contribution in [0.25, 0.3) is 0 Å². The maximum Gasteiger partial charge on any atom is 0.0109 e. The number of nitrogens with one attached hydrogen (secondary N) is 1. The van der Waals surface area contributed by atoms with Gasteiger partial charge in [0.15, 0.2) is 0 Å². The average Bonchev–Trinajstić information content (AvgIpc) is 2.18. The molecule has 0 aliphatic heterocycles. The molecule has 0 saturated heterocycles. The Labute approximate surface area is 106 Å². The quantitative estimate of drug-likeness (QED) is 0.742. The van der Waals surface area contributed by atoms with E-state index in [0.717, 1.165) is 25.9 Å². The number of aryl methyl sites for hydroxylation is 2. The average molecular weight is 234 g/mol. The summed E-state index contributed by atoms with van der Waals surface area (Å²) in [5.74, 6) is 0. The lowest BCUT2D eigenvalue weighted by atomic mass is 10.0. The van der Waals surface area contributed by atoms with Crippen molar-refractivity contribution in [2.45, 2.75) is 46.1 Å². The first-order valence-electron chi connectivity index (χ1n) is 6.44. The molecule has 17 heavy (non-hydrogen) atoms. The Balaban J connectivity index is 2.27. The minimum Gasteiger partial charge on any atom is -0.326 e. The molecular formula is C15H26N2. The fourth-order valence-corrected chi connectivity index (χ4v) is 1.88. The van der Waals surface area contributed by atoms with Crippen molar-refractivity contribution in [3.05, 3.63) is 34.9 Å². The van der Waals surface area contributed by atoms with Crippen LogP contribution in [0.2, 0.25) is 0 Å². The van der Waals surface area contributed by atoms with Gasteiger partial charge in [-0.05, 0) is 64.8 Å². The number of benzene rings is 1.